The number of amides is 1. The minimum absolute atomic E-state index is 0.238. The van der Waals surface area contributed by atoms with Gasteiger partial charge in [0.15, 0.2) is 5.76 Å². The standard InChI is InChI=1S/C16H11N5O2/c22-15(14-8-11-4-1-2-5-13(11)23-14)20-12-9-17-16(18-10-12)21-7-3-6-19-21/h1-10H,(H,20,22). The third-order valence-electron chi connectivity index (χ3n) is 3.25. The fourth-order valence-corrected chi connectivity index (χ4v) is 2.18. The van der Waals surface area contributed by atoms with Crippen LogP contribution in [0.3, 0.4) is 0 Å². The molecule has 1 N–H and O–H groups in total. The number of rotatable bonds is 3. The molecule has 1 amide bonds. The highest BCUT2D eigenvalue weighted by molar-refractivity contribution is 6.04. The number of hydrogen-bond donors (Lipinski definition) is 1. The number of para-hydroxylation sites is 1. The minimum atomic E-state index is -0.350. The Kier molecular flexibility index (Phi) is 3.09. The third kappa shape index (κ3) is 2.55. The molecule has 0 saturated heterocycles. The second-order valence-electron chi connectivity index (χ2n) is 4.82. The zero-order valence-corrected chi connectivity index (χ0v) is 11.9. The molecule has 0 spiro atoms. The van der Waals surface area contributed by atoms with Crippen LogP contribution in [-0.2, 0) is 0 Å². The van der Waals surface area contributed by atoms with E-state index < -0.39 is 0 Å². The molecule has 4 aromatic rings. The van der Waals surface area contributed by atoms with Gasteiger partial charge in [-0.25, -0.2) is 14.6 Å². The zero-order valence-electron chi connectivity index (χ0n) is 11.9. The Morgan fingerprint density at radius 3 is 2.70 bits per heavy atom. The lowest BCUT2D eigenvalue weighted by Crippen LogP contribution is -2.12. The molecule has 0 aliphatic heterocycles. The van der Waals surface area contributed by atoms with E-state index in [1.54, 1.807) is 24.5 Å². The van der Waals surface area contributed by atoms with E-state index in [9.17, 15) is 4.79 Å². The Morgan fingerprint density at radius 1 is 1.13 bits per heavy atom. The van der Waals surface area contributed by atoms with E-state index in [1.807, 2.05) is 24.3 Å². The van der Waals surface area contributed by atoms with E-state index >= 15 is 0 Å². The first kappa shape index (κ1) is 13.2. The summed E-state index contributed by atoms with van der Waals surface area (Å²) < 4.78 is 7.05. The van der Waals surface area contributed by atoms with Crippen LogP contribution >= 0.6 is 0 Å². The van der Waals surface area contributed by atoms with Crippen molar-refractivity contribution in [3.63, 3.8) is 0 Å². The lowest BCUT2D eigenvalue weighted by atomic mass is 10.2. The summed E-state index contributed by atoms with van der Waals surface area (Å²) in [6.07, 6.45) is 6.41. The Bertz CT molecular complexity index is 925. The van der Waals surface area contributed by atoms with Gasteiger partial charge < -0.3 is 9.73 Å². The first-order chi connectivity index (χ1) is 11.3. The summed E-state index contributed by atoms with van der Waals surface area (Å²) in [5, 5.41) is 7.62. The van der Waals surface area contributed by atoms with Crippen LogP contribution in [0.4, 0.5) is 5.69 Å². The van der Waals surface area contributed by atoms with Gasteiger partial charge >= 0.3 is 0 Å². The summed E-state index contributed by atoms with van der Waals surface area (Å²) in [4.78, 5) is 20.5. The van der Waals surface area contributed by atoms with Crippen molar-refractivity contribution in [2.75, 3.05) is 5.32 Å². The molecule has 0 saturated carbocycles. The van der Waals surface area contributed by atoms with E-state index in [4.69, 9.17) is 4.42 Å². The summed E-state index contributed by atoms with van der Waals surface area (Å²) in [7, 11) is 0. The minimum Gasteiger partial charge on any atom is -0.451 e. The zero-order chi connectivity index (χ0) is 15.6. The summed E-state index contributed by atoms with van der Waals surface area (Å²) in [6, 6.07) is 10.9. The highest BCUT2D eigenvalue weighted by Crippen LogP contribution is 2.19. The van der Waals surface area contributed by atoms with Crippen LogP contribution in [0.1, 0.15) is 10.6 Å². The molecule has 3 heterocycles. The van der Waals surface area contributed by atoms with Gasteiger partial charge in [0.25, 0.3) is 11.9 Å². The molecule has 23 heavy (non-hydrogen) atoms. The number of aromatic nitrogens is 4. The first-order valence-corrected chi connectivity index (χ1v) is 6.91. The fraction of sp³-hybridized carbons (Fsp3) is 0. The van der Waals surface area contributed by atoms with E-state index in [-0.39, 0.29) is 11.7 Å². The van der Waals surface area contributed by atoms with Crippen LogP contribution < -0.4 is 5.32 Å². The largest absolute Gasteiger partial charge is 0.451 e. The van der Waals surface area contributed by atoms with Gasteiger partial charge in [-0.3, -0.25) is 4.79 Å². The van der Waals surface area contributed by atoms with E-state index in [0.717, 1.165) is 5.39 Å². The Morgan fingerprint density at radius 2 is 1.96 bits per heavy atom. The molecule has 0 atom stereocenters. The van der Waals surface area contributed by atoms with Gasteiger partial charge in [-0.2, -0.15) is 5.10 Å². The second kappa shape index (κ2) is 5.38. The van der Waals surface area contributed by atoms with E-state index in [1.165, 1.54) is 17.1 Å². The lowest BCUT2D eigenvalue weighted by Gasteiger charge is -2.03. The highest BCUT2D eigenvalue weighted by Gasteiger charge is 2.12. The van der Waals surface area contributed by atoms with Crippen molar-refractivity contribution < 1.29 is 9.21 Å². The van der Waals surface area contributed by atoms with Gasteiger partial charge in [0.05, 0.1) is 18.1 Å². The SMILES string of the molecule is O=C(Nc1cnc(-n2cccn2)nc1)c1cc2ccccc2o1. The number of carbonyl (C=O) groups excluding carboxylic acids is 1. The Labute approximate surface area is 130 Å². The van der Waals surface area contributed by atoms with Crippen LogP contribution in [0.15, 0.2) is 65.6 Å². The van der Waals surface area contributed by atoms with Crippen molar-refractivity contribution in [1.82, 2.24) is 19.7 Å². The topological polar surface area (TPSA) is 85.8 Å². The maximum absolute atomic E-state index is 12.2. The number of nitrogens with zero attached hydrogens (tertiary/aromatic N) is 4. The maximum Gasteiger partial charge on any atom is 0.291 e. The third-order valence-corrected chi connectivity index (χ3v) is 3.25. The number of carbonyl (C=O) groups is 1. The van der Waals surface area contributed by atoms with E-state index in [0.29, 0.717) is 17.2 Å². The van der Waals surface area contributed by atoms with Crippen molar-refractivity contribution >= 4 is 22.6 Å². The Balaban J connectivity index is 1.54. The molecular weight excluding hydrogens is 294 g/mol. The molecule has 0 radical (unpaired) electrons. The van der Waals surface area contributed by atoms with Gasteiger partial charge in [0.1, 0.15) is 5.58 Å². The quantitative estimate of drug-likeness (QED) is 0.629. The molecule has 1 aromatic carbocycles. The average molecular weight is 305 g/mol. The van der Waals surface area contributed by atoms with Crippen LogP contribution in [-0.4, -0.2) is 25.7 Å². The summed E-state index contributed by atoms with van der Waals surface area (Å²) >= 11 is 0. The van der Waals surface area contributed by atoms with E-state index in [2.05, 4.69) is 20.4 Å². The summed E-state index contributed by atoms with van der Waals surface area (Å²) in [5.74, 6) is 0.315. The molecule has 0 fully saturated rings. The first-order valence-electron chi connectivity index (χ1n) is 6.91. The van der Waals surface area contributed by atoms with Gasteiger partial charge in [-0.15, -0.1) is 0 Å². The predicted molar refractivity (Wildman–Crippen MR) is 83.3 cm³/mol. The van der Waals surface area contributed by atoms with Gasteiger partial charge in [-0.05, 0) is 18.2 Å². The highest BCUT2D eigenvalue weighted by atomic mass is 16.3. The molecule has 4 rings (SSSR count). The van der Waals surface area contributed by atoms with Gasteiger partial charge in [-0.1, -0.05) is 18.2 Å². The predicted octanol–water partition coefficient (Wildman–Crippen LogP) is 2.66. The molecule has 112 valence electrons. The summed E-state index contributed by atoms with van der Waals surface area (Å²) in [6.45, 7) is 0. The van der Waals surface area contributed by atoms with Crippen LogP contribution in [0.5, 0.6) is 0 Å². The molecule has 7 heteroatoms. The molecular formula is C16H11N5O2. The van der Waals surface area contributed by atoms with Crippen molar-refractivity contribution in [2.24, 2.45) is 0 Å². The molecule has 3 aromatic heterocycles. The van der Waals surface area contributed by atoms with Crippen molar-refractivity contribution in [2.45, 2.75) is 0 Å². The summed E-state index contributed by atoms with van der Waals surface area (Å²) in [5.41, 5.74) is 1.15. The molecule has 7 nitrogen and oxygen atoms in total. The van der Waals surface area contributed by atoms with Crippen molar-refractivity contribution in [1.29, 1.82) is 0 Å². The van der Waals surface area contributed by atoms with Crippen LogP contribution in [0.25, 0.3) is 16.9 Å². The van der Waals surface area contributed by atoms with Gasteiger partial charge in [0.2, 0.25) is 0 Å². The van der Waals surface area contributed by atoms with Crippen LogP contribution in [0, 0.1) is 0 Å². The average Bonchev–Trinajstić information content (AvgIpc) is 3.25. The Hall–Kier alpha value is -3.48. The number of anilines is 1. The lowest BCUT2D eigenvalue weighted by molar-refractivity contribution is 0.0998. The van der Waals surface area contributed by atoms with Gasteiger partial charge in [0, 0.05) is 17.8 Å². The smallest absolute Gasteiger partial charge is 0.291 e. The van der Waals surface area contributed by atoms with Crippen LogP contribution in [0.2, 0.25) is 0 Å². The fourth-order valence-electron chi connectivity index (χ4n) is 2.18. The number of fused-ring (bicyclic) bond motifs is 1. The molecule has 0 aliphatic carbocycles. The second-order valence-corrected chi connectivity index (χ2v) is 4.82. The number of benzene rings is 1. The maximum atomic E-state index is 12.2. The van der Waals surface area contributed by atoms with Crippen molar-refractivity contribution in [3.05, 3.63) is 66.9 Å². The number of furan rings is 1. The molecule has 0 bridgehead atoms. The monoisotopic (exact) mass is 305 g/mol. The van der Waals surface area contributed by atoms with Crippen molar-refractivity contribution in [3.8, 4) is 5.95 Å². The number of nitrogens with one attached hydrogen (secondary N) is 1. The normalized spacial score (nSPS) is 10.8. The molecule has 0 aliphatic rings. The molecule has 0 unspecified atom stereocenters. The number of hydrogen-bond acceptors (Lipinski definition) is 5.